The molecule has 19 heavy (non-hydrogen) atoms. The van der Waals surface area contributed by atoms with Gasteiger partial charge < -0.3 is 14.5 Å². The third kappa shape index (κ3) is 4.67. The van der Waals surface area contributed by atoms with E-state index < -0.39 is 0 Å². The highest BCUT2D eigenvalue weighted by Gasteiger charge is 2.27. The fourth-order valence-electron chi connectivity index (χ4n) is 2.28. The molecule has 0 radical (unpaired) electrons. The molecular formula is C14H24N2O3. The first-order chi connectivity index (χ1) is 9.10. The maximum absolute atomic E-state index is 12.2. The number of hydrogen-bond acceptors (Lipinski definition) is 3. The van der Waals surface area contributed by atoms with Crippen LogP contribution in [0.5, 0.6) is 0 Å². The van der Waals surface area contributed by atoms with Crippen LogP contribution < -0.4 is 0 Å². The van der Waals surface area contributed by atoms with E-state index >= 15 is 0 Å². The van der Waals surface area contributed by atoms with Crippen LogP contribution in [0.1, 0.15) is 26.2 Å². The van der Waals surface area contributed by atoms with Gasteiger partial charge in [-0.15, -0.1) is 0 Å². The molecule has 0 aromatic rings. The molecule has 1 heterocycles. The Morgan fingerprint density at radius 1 is 1.47 bits per heavy atom. The summed E-state index contributed by atoms with van der Waals surface area (Å²) in [4.78, 5) is 26.9. The summed E-state index contributed by atoms with van der Waals surface area (Å²) in [6.45, 7) is 7.48. The van der Waals surface area contributed by atoms with Crippen LogP contribution in [0.4, 0.5) is 0 Å². The molecule has 108 valence electrons. The minimum absolute atomic E-state index is 0.0119. The number of piperidine rings is 1. The molecule has 0 aromatic carbocycles. The van der Waals surface area contributed by atoms with E-state index in [9.17, 15) is 9.59 Å². The van der Waals surface area contributed by atoms with Gasteiger partial charge in [-0.2, -0.15) is 0 Å². The first-order valence-corrected chi connectivity index (χ1v) is 6.84. The van der Waals surface area contributed by atoms with Crippen molar-refractivity contribution in [2.45, 2.75) is 32.2 Å². The number of likely N-dealkylation sites (tertiary alicyclic amines) is 1. The van der Waals surface area contributed by atoms with Gasteiger partial charge >= 0.3 is 0 Å². The Balaban J connectivity index is 2.56. The van der Waals surface area contributed by atoms with Crippen molar-refractivity contribution in [3.8, 4) is 0 Å². The normalized spacial score (nSPS) is 19.1. The van der Waals surface area contributed by atoms with Gasteiger partial charge in [-0.05, 0) is 32.3 Å². The molecule has 0 aliphatic carbocycles. The first-order valence-electron chi connectivity index (χ1n) is 6.84. The lowest BCUT2D eigenvalue weighted by Gasteiger charge is -2.36. The van der Waals surface area contributed by atoms with Crippen LogP contribution in [0.25, 0.3) is 0 Å². The van der Waals surface area contributed by atoms with E-state index in [0.717, 1.165) is 25.8 Å². The summed E-state index contributed by atoms with van der Waals surface area (Å²) >= 11 is 0. The van der Waals surface area contributed by atoms with Gasteiger partial charge in [0.25, 0.3) is 0 Å². The van der Waals surface area contributed by atoms with Gasteiger partial charge in [0.1, 0.15) is 0 Å². The lowest BCUT2D eigenvalue weighted by atomic mass is 10.0. The van der Waals surface area contributed by atoms with Crippen LogP contribution in [-0.4, -0.2) is 61.0 Å². The van der Waals surface area contributed by atoms with Crippen molar-refractivity contribution in [1.29, 1.82) is 0 Å². The van der Waals surface area contributed by atoms with Gasteiger partial charge in [-0.1, -0.05) is 6.58 Å². The van der Waals surface area contributed by atoms with Gasteiger partial charge in [0, 0.05) is 20.2 Å². The second kappa shape index (κ2) is 7.94. The van der Waals surface area contributed by atoms with Gasteiger partial charge in [-0.3, -0.25) is 9.59 Å². The molecule has 0 aromatic heterocycles. The van der Waals surface area contributed by atoms with E-state index in [-0.39, 0.29) is 24.4 Å². The third-order valence-corrected chi connectivity index (χ3v) is 3.39. The molecule has 5 heteroatoms. The predicted octanol–water partition coefficient (Wildman–Crippen LogP) is 1.05. The number of carbonyl (C=O) groups is 2. The number of amides is 2. The average molecular weight is 268 g/mol. The fourth-order valence-corrected chi connectivity index (χ4v) is 2.28. The average Bonchev–Trinajstić information content (AvgIpc) is 2.44. The molecule has 1 fully saturated rings. The molecular weight excluding hydrogens is 244 g/mol. The largest absolute Gasteiger partial charge is 0.380 e. The molecule has 1 aliphatic rings. The quantitative estimate of drug-likeness (QED) is 0.677. The molecule has 0 saturated carbocycles. The van der Waals surface area contributed by atoms with Gasteiger partial charge in [0.2, 0.25) is 11.8 Å². The van der Waals surface area contributed by atoms with Crippen molar-refractivity contribution in [1.82, 2.24) is 9.80 Å². The Morgan fingerprint density at radius 3 is 2.84 bits per heavy atom. The van der Waals surface area contributed by atoms with Gasteiger partial charge in [-0.25, -0.2) is 0 Å². The maximum Gasteiger partial charge on any atom is 0.246 e. The van der Waals surface area contributed by atoms with Crippen molar-refractivity contribution in [2.75, 3.05) is 33.4 Å². The molecule has 5 nitrogen and oxygen atoms in total. The topological polar surface area (TPSA) is 49.9 Å². The smallest absolute Gasteiger partial charge is 0.246 e. The summed E-state index contributed by atoms with van der Waals surface area (Å²) in [7, 11) is 1.61. The lowest BCUT2D eigenvalue weighted by molar-refractivity contribution is -0.141. The molecule has 0 bridgehead atoms. The molecule has 1 atom stereocenters. The van der Waals surface area contributed by atoms with E-state index in [4.69, 9.17) is 4.74 Å². The Hall–Kier alpha value is -1.36. The number of nitrogens with zero attached hydrogens (tertiary/aromatic N) is 2. The second-order valence-electron chi connectivity index (χ2n) is 4.79. The van der Waals surface area contributed by atoms with Gasteiger partial charge in [0.15, 0.2) is 0 Å². The summed E-state index contributed by atoms with van der Waals surface area (Å²) in [6, 6.07) is 0.147. The van der Waals surface area contributed by atoms with Crippen LogP contribution in [0, 0.1) is 0 Å². The molecule has 1 aliphatic heterocycles. The Kier molecular flexibility index (Phi) is 6.56. The van der Waals surface area contributed by atoms with Crippen LogP contribution in [0.3, 0.4) is 0 Å². The van der Waals surface area contributed by atoms with Gasteiger partial charge in [0.05, 0.1) is 19.2 Å². The number of carbonyl (C=O) groups excluding carboxylic acids is 2. The van der Waals surface area contributed by atoms with Crippen molar-refractivity contribution >= 4 is 11.8 Å². The van der Waals surface area contributed by atoms with E-state index in [1.165, 1.54) is 11.0 Å². The van der Waals surface area contributed by atoms with Crippen LogP contribution in [0.2, 0.25) is 0 Å². The van der Waals surface area contributed by atoms with Crippen LogP contribution >= 0.6 is 0 Å². The molecule has 0 spiro atoms. The monoisotopic (exact) mass is 268 g/mol. The first kappa shape index (κ1) is 15.7. The zero-order valence-electron chi connectivity index (χ0n) is 11.9. The van der Waals surface area contributed by atoms with Crippen LogP contribution in [-0.2, 0) is 14.3 Å². The summed E-state index contributed by atoms with van der Waals surface area (Å²) in [6.07, 6.45) is 4.35. The standard InChI is InChI=1S/C14H24N2O3/c1-4-13(17)15(3)10-14(18)16-9-7-6-8-12(16)11-19-5-2/h4,12H,1,5-11H2,2-3H3. The molecule has 1 unspecified atom stereocenters. The Labute approximate surface area is 115 Å². The maximum atomic E-state index is 12.2. The van der Waals surface area contributed by atoms with Crippen molar-refractivity contribution < 1.29 is 14.3 Å². The molecule has 0 N–H and O–H groups in total. The van der Waals surface area contributed by atoms with E-state index in [2.05, 4.69) is 6.58 Å². The van der Waals surface area contributed by atoms with E-state index in [1.807, 2.05) is 11.8 Å². The van der Waals surface area contributed by atoms with Crippen LogP contribution in [0.15, 0.2) is 12.7 Å². The summed E-state index contributed by atoms with van der Waals surface area (Å²) in [5.41, 5.74) is 0. The fraction of sp³-hybridized carbons (Fsp3) is 0.714. The number of rotatable bonds is 6. The van der Waals surface area contributed by atoms with Crippen molar-refractivity contribution in [3.63, 3.8) is 0 Å². The molecule has 2 amide bonds. The van der Waals surface area contributed by atoms with Crippen molar-refractivity contribution in [2.24, 2.45) is 0 Å². The highest BCUT2D eigenvalue weighted by Crippen LogP contribution is 2.17. The SMILES string of the molecule is C=CC(=O)N(C)CC(=O)N1CCCCC1COCC. The van der Waals surface area contributed by atoms with E-state index in [1.54, 1.807) is 7.05 Å². The lowest BCUT2D eigenvalue weighted by Crippen LogP contribution is -2.49. The summed E-state index contributed by atoms with van der Waals surface area (Å²) in [5.74, 6) is -0.242. The third-order valence-electron chi connectivity index (χ3n) is 3.39. The zero-order chi connectivity index (χ0) is 14.3. The Morgan fingerprint density at radius 2 is 2.21 bits per heavy atom. The highest BCUT2D eigenvalue weighted by atomic mass is 16.5. The predicted molar refractivity (Wildman–Crippen MR) is 73.7 cm³/mol. The number of likely N-dealkylation sites (N-methyl/N-ethyl adjacent to an activating group) is 1. The number of hydrogen-bond donors (Lipinski definition) is 0. The summed E-state index contributed by atoms with van der Waals surface area (Å²) < 4.78 is 5.44. The minimum atomic E-state index is -0.230. The molecule has 1 rings (SSSR count). The number of ether oxygens (including phenoxy) is 1. The minimum Gasteiger partial charge on any atom is -0.380 e. The summed E-state index contributed by atoms with van der Waals surface area (Å²) in [5, 5.41) is 0. The second-order valence-corrected chi connectivity index (χ2v) is 4.79. The Bertz CT molecular complexity index is 331. The zero-order valence-corrected chi connectivity index (χ0v) is 11.9. The van der Waals surface area contributed by atoms with Crippen molar-refractivity contribution in [3.05, 3.63) is 12.7 Å². The highest BCUT2D eigenvalue weighted by molar-refractivity contribution is 5.90. The molecule has 1 saturated heterocycles. The van der Waals surface area contributed by atoms with E-state index in [0.29, 0.717) is 13.2 Å².